The Morgan fingerprint density at radius 2 is 2.04 bits per heavy atom. The highest BCUT2D eigenvalue weighted by Crippen LogP contribution is 2.27. The van der Waals surface area contributed by atoms with Crippen LogP contribution in [0.25, 0.3) is 0 Å². The van der Waals surface area contributed by atoms with Gasteiger partial charge in [0.25, 0.3) is 5.91 Å². The highest BCUT2D eigenvalue weighted by atomic mass is 35.5. The van der Waals surface area contributed by atoms with Crippen LogP contribution in [0.3, 0.4) is 0 Å². The molecule has 1 fully saturated rings. The summed E-state index contributed by atoms with van der Waals surface area (Å²) >= 11 is 12.0. The summed E-state index contributed by atoms with van der Waals surface area (Å²) in [5, 5.41) is 7.39. The van der Waals surface area contributed by atoms with E-state index in [0.717, 1.165) is 31.7 Å². The van der Waals surface area contributed by atoms with E-state index in [1.165, 1.54) is 0 Å². The number of aromatic nitrogens is 1. The van der Waals surface area contributed by atoms with Gasteiger partial charge in [-0.1, -0.05) is 23.2 Å². The molecule has 2 aromatic rings. The molecule has 1 saturated heterocycles. The molecule has 0 atom stereocenters. The molecule has 0 bridgehead atoms. The van der Waals surface area contributed by atoms with Gasteiger partial charge in [0.1, 0.15) is 5.82 Å². The molecular weight excluding hydrogens is 347 g/mol. The maximum absolute atomic E-state index is 12.9. The number of nitrogens with one attached hydrogen (secondary N) is 2. The van der Waals surface area contributed by atoms with Crippen LogP contribution < -0.4 is 10.6 Å². The van der Waals surface area contributed by atoms with Gasteiger partial charge in [-0.2, -0.15) is 0 Å². The first kappa shape index (κ1) is 17.0. The largest absolute Gasteiger partial charge is 0.340 e. The molecular formula is C17H18Cl2N4O. The minimum atomic E-state index is -0.0191. The number of benzene rings is 1. The Kier molecular flexibility index (Phi) is 5.56. The van der Waals surface area contributed by atoms with Gasteiger partial charge in [0.15, 0.2) is 0 Å². The van der Waals surface area contributed by atoms with Crippen LogP contribution in [0, 0.1) is 0 Å². The fraction of sp³-hybridized carbons (Fsp3) is 0.294. The Morgan fingerprint density at radius 3 is 2.88 bits per heavy atom. The van der Waals surface area contributed by atoms with Crippen LogP contribution >= 0.6 is 23.2 Å². The number of rotatable bonds is 3. The van der Waals surface area contributed by atoms with Crippen molar-refractivity contribution in [2.45, 2.75) is 6.42 Å². The number of pyridine rings is 1. The van der Waals surface area contributed by atoms with Crippen molar-refractivity contribution in [3.63, 3.8) is 0 Å². The first-order chi connectivity index (χ1) is 11.6. The average Bonchev–Trinajstić information content (AvgIpc) is 2.87. The third kappa shape index (κ3) is 3.98. The fourth-order valence-electron chi connectivity index (χ4n) is 2.61. The zero-order valence-electron chi connectivity index (χ0n) is 13.1. The molecule has 5 nitrogen and oxygen atoms in total. The molecule has 126 valence electrons. The number of nitrogens with zero attached hydrogens (tertiary/aromatic N) is 2. The van der Waals surface area contributed by atoms with Crippen molar-refractivity contribution >= 4 is 40.6 Å². The second-order valence-corrected chi connectivity index (χ2v) is 6.36. The third-order valence-electron chi connectivity index (χ3n) is 3.85. The van der Waals surface area contributed by atoms with E-state index < -0.39 is 0 Å². The van der Waals surface area contributed by atoms with E-state index in [9.17, 15) is 4.79 Å². The van der Waals surface area contributed by atoms with E-state index in [0.29, 0.717) is 28.0 Å². The standard InChI is InChI=1S/C17H18Cl2N4O/c18-14-5-4-12(11-15(14)19)22-16-13(3-1-7-21-16)17(24)23-9-2-6-20-8-10-23/h1,3-5,7,11,20H,2,6,8-10H2,(H,21,22). The van der Waals surface area contributed by atoms with Gasteiger partial charge in [-0.15, -0.1) is 0 Å². The SMILES string of the molecule is O=C(c1cccnc1Nc1ccc(Cl)c(Cl)c1)N1CCCNCC1. The van der Waals surface area contributed by atoms with Crippen LogP contribution in [0.2, 0.25) is 10.0 Å². The molecule has 2 N–H and O–H groups in total. The average molecular weight is 365 g/mol. The van der Waals surface area contributed by atoms with Crippen LogP contribution in [0.4, 0.5) is 11.5 Å². The van der Waals surface area contributed by atoms with E-state index in [2.05, 4.69) is 15.6 Å². The summed E-state index contributed by atoms with van der Waals surface area (Å²) in [7, 11) is 0. The summed E-state index contributed by atoms with van der Waals surface area (Å²) < 4.78 is 0. The maximum Gasteiger partial charge on any atom is 0.257 e. The van der Waals surface area contributed by atoms with E-state index in [4.69, 9.17) is 23.2 Å². The molecule has 0 radical (unpaired) electrons. The van der Waals surface area contributed by atoms with E-state index >= 15 is 0 Å². The highest BCUT2D eigenvalue weighted by molar-refractivity contribution is 6.42. The Bertz CT molecular complexity index is 730. The molecule has 0 aliphatic carbocycles. The summed E-state index contributed by atoms with van der Waals surface area (Å²) in [6.07, 6.45) is 2.60. The van der Waals surface area contributed by atoms with Crippen LogP contribution in [0.15, 0.2) is 36.5 Å². The summed E-state index contributed by atoms with van der Waals surface area (Å²) in [6, 6.07) is 8.77. The molecule has 1 aliphatic rings. The number of anilines is 2. The van der Waals surface area contributed by atoms with Crippen molar-refractivity contribution in [1.82, 2.24) is 15.2 Å². The van der Waals surface area contributed by atoms with Crippen molar-refractivity contribution < 1.29 is 4.79 Å². The first-order valence-electron chi connectivity index (χ1n) is 7.82. The Morgan fingerprint density at radius 1 is 1.17 bits per heavy atom. The number of hydrogen-bond donors (Lipinski definition) is 2. The predicted octanol–water partition coefficient (Wildman–Crippen LogP) is 3.57. The number of halogens is 2. The van der Waals surface area contributed by atoms with Gasteiger partial charge in [0.05, 0.1) is 15.6 Å². The molecule has 0 spiro atoms. The molecule has 0 saturated carbocycles. The normalized spacial score (nSPS) is 15.0. The molecule has 24 heavy (non-hydrogen) atoms. The lowest BCUT2D eigenvalue weighted by molar-refractivity contribution is 0.0767. The van der Waals surface area contributed by atoms with Gasteiger partial charge in [-0.05, 0) is 43.3 Å². The topological polar surface area (TPSA) is 57.3 Å². The van der Waals surface area contributed by atoms with Crippen LogP contribution in [0.1, 0.15) is 16.8 Å². The molecule has 7 heteroatoms. The molecule has 0 unspecified atom stereocenters. The van der Waals surface area contributed by atoms with Gasteiger partial charge in [0, 0.05) is 31.5 Å². The van der Waals surface area contributed by atoms with Gasteiger partial charge >= 0.3 is 0 Å². The van der Waals surface area contributed by atoms with E-state index in [1.807, 2.05) is 4.90 Å². The van der Waals surface area contributed by atoms with Gasteiger partial charge < -0.3 is 15.5 Å². The molecule has 1 aromatic heterocycles. The molecule has 1 amide bonds. The summed E-state index contributed by atoms with van der Waals surface area (Å²) in [4.78, 5) is 19.0. The van der Waals surface area contributed by atoms with Crippen LogP contribution in [0.5, 0.6) is 0 Å². The lowest BCUT2D eigenvalue weighted by atomic mass is 10.2. The second-order valence-electron chi connectivity index (χ2n) is 5.55. The fourth-order valence-corrected chi connectivity index (χ4v) is 2.91. The lowest BCUT2D eigenvalue weighted by Crippen LogP contribution is -2.34. The van der Waals surface area contributed by atoms with Crippen molar-refractivity contribution in [2.75, 3.05) is 31.5 Å². The van der Waals surface area contributed by atoms with Crippen molar-refractivity contribution in [3.8, 4) is 0 Å². The van der Waals surface area contributed by atoms with E-state index in [1.54, 1.807) is 36.5 Å². The van der Waals surface area contributed by atoms with E-state index in [-0.39, 0.29) is 5.91 Å². The minimum Gasteiger partial charge on any atom is -0.340 e. The quantitative estimate of drug-likeness (QED) is 0.873. The molecule has 1 aliphatic heterocycles. The minimum absolute atomic E-state index is 0.0191. The summed E-state index contributed by atoms with van der Waals surface area (Å²) in [5.74, 6) is 0.493. The van der Waals surface area contributed by atoms with Crippen LogP contribution in [-0.4, -0.2) is 42.0 Å². The number of amides is 1. The Hall–Kier alpha value is -1.82. The summed E-state index contributed by atoms with van der Waals surface area (Å²) in [6.45, 7) is 3.18. The lowest BCUT2D eigenvalue weighted by Gasteiger charge is -2.21. The smallest absolute Gasteiger partial charge is 0.257 e. The molecule has 2 heterocycles. The zero-order chi connectivity index (χ0) is 16.9. The van der Waals surface area contributed by atoms with Gasteiger partial charge in [-0.3, -0.25) is 4.79 Å². The Labute approximate surface area is 151 Å². The number of hydrogen-bond acceptors (Lipinski definition) is 4. The van der Waals surface area contributed by atoms with Gasteiger partial charge in [-0.25, -0.2) is 4.98 Å². The predicted molar refractivity (Wildman–Crippen MR) is 97.4 cm³/mol. The zero-order valence-corrected chi connectivity index (χ0v) is 14.6. The number of carbonyl (C=O) groups excluding carboxylic acids is 1. The first-order valence-corrected chi connectivity index (χ1v) is 8.58. The van der Waals surface area contributed by atoms with Crippen LogP contribution in [-0.2, 0) is 0 Å². The van der Waals surface area contributed by atoms with Crippen molar-refractivity contribution in [1.29, 1.82) is 0 Å². The number of carbonyl (C=O) groups is 1. The van der Waals surface area contributed by atoms with Crippen molar-refractivity contribution in [3.05, 3.63) is 52.1 Å². The molecule has 1 aromatic carbocycles. The van der Waals surface area contributed by atoms with Gasteiger partial charge in [0.2, 0.25) is 0 Å². The molecule has 3 rings (SSSR count). The monoisotopic (exact) mass is 364 g/mol. The second kappa shape index (κ2) is 7.83. The highest BCUT2D eigenvalue weighted by Gasteiger charge is 2.20. The van der Waals surface area contributed by atoms with Crippen molar-refractivity contribution in [2.24, 2.45) is 0 Å². The summed E-state index contributed by atoms with van der Waals surface area (Å²) in [5.41, 5.74) is 1.28. The Balaban J connectivity index is 1.84. The third-order valence-corrected chi connectivity index (χ3v) is 4.59. The maximum atomic E-state index is 12.9.